The van der Waals surface area contributed by atoms with Gasteiger partial charge >= 0.3 is 0 Å². The molecule has 5 rings (SSSR count). The van der Waals surface area contributed by atoms with Crippen LogP contribution >= 0.6 is 22.9 Å². The number of hydrogen-bond acceptors (Lipinski definition) is 7. The van der Waals surface area contributed by atoms with Gasteiger partial charge in [-0.2, -0.15) is 0 Å². The largest absolute Gasteiger partial charge is 0.366 e. The number of carbonyl (C=O) groups excluding carboxylic acids is 3. The normalized spacial score (nSPS) is 26.0. The summed E-state index contributed by atoms with van der Waals surface area (Å²) in [5.41, 5.74) is 7.83. The number of likely N-dealkylation sites (tertiary alicyclic amines) is 1. The first-order valence-electron chi connectivity index (χ1n) is 11.7. The van der Waals surface area contributed by atoms with E-state index in [1.807, 2.05) is 19.1 Å². The van der Waals surface area contributed by atoms with Crippen molar-refractivity contribution in [1.82, 2.24) is 14.9 Å². The Morgan fingerprint density at radius 2 is 2.06 bits per heavy atom. The van der Waals surface area contributed by atoms with Crippen LogP contribution < -0.4 is 5.73 Å². The van der Waals surface area contributed by atoms with Crippen molar-refractivity contribution in [2.24, 2.45) is 11.7 Å². The van der Waals surface area contributed by atoms with Gasteiger partial charge in [0.05, 0.1) is 21.9 Å². The van der Waals surface area contributed by atoms with E-state index < -0.39 is 29.3 Å². The van der Waals surface area contributed by atoms with Crippen molar-refractivity contribution in [2.75, 3.05) is 13.2 Å². The van der Waals surface area contributed by atoms with Crippen molar-refractivity contribution >= 4 is 40.5 Å². The molecule has 1 aliphatic carbocycles. The Balaban J connectivity index is 1.61. The zero-order valence-corrected chi connectivity index (χ0v) is 20.5. The molecule has 2 N–H and O–H groups in total. The molecule has 3 aliphatic rings. The summed E-state index contributed by atoms with van der Waals surface area (Å²) < 4.78 is 5.60. The fraction of sp³-hybridized carbons (Fsp3) is 0.542. The van der Waals surface area contributed by atoms with Crippen molar-refractivity contribution in [3.05, 3.63) is 34.7 Å². The highest BCUT2D eigenvalue weighted by molar-refractivity contribution is 7.17. The van der Waals surface area contributed by atoms with E-state index >= 15 is 0 Å². The Bertz CT molecular complexity index is 1130. The van der Waals surface area contributed by atoms with Crippen LogP contribution in [0.25, 0.3) is 10.4 Å². The highest BCUT2D eigenvalue weighted by Gasteiger charge is 2.53. The van der Waals surface area contributed by atoms with E-state index in [1.54, 1.807) is 11.1 Å². The zero-order valence-electron chi connectivity index (χ0n) is 18.9. The molecule has 4 atom stereocenters. The van der Waals surface area contributed by atoms with E-state index in [0.717, 1.165) is 48.2 Å². The van der Waals surface area contributed by atoms with Gasteiger partial charge in [0, 0.05) is 18.4 Å². The number of ether oxygens (including phenoxy) is 1. The second-order valence-electron chi connectivity index (χ2n) is 9.35. The lowest BCUT2D eigenvalue weighted by atomic mass is 9.77. The molecule has 180 valence electrons. The predicted molar refractivity (Wildman–Crippen MR) is 128 cm³/mol. The van der Waals surface area contributed by atoms with E-state index in [9.17, 15) is 14.4 Å². The minimum atomic E-state index is -0.665. The van der Waals surface area contributed by atoms with Crippen LogP contribution in [0.2, 0.25) is 0 Å². The minimum absolute atomic E-state index is 0.0273. The Morgan fingerprint density at radius 3 is 2.76 bits per heavy atom. The number of hydrogen-bond donors (Lipinski definition) is 1. The summed E-state index contributed by atoms with van der Waals surface area (Å²) in [4.78, 5) is 50.2. The summed E-state index contributed by atoms with van der Waals surface area (Å²) in [6, 6.07) is 3.10. The number of nitrogens with two attached hydrogens (primary N) is 1. The van der Waals surface area contributed by atoms with E-state index in [1.165, 1.54) is 11.3 Å². The second kappa shape index (κ2) is 9.36. The third kappa shape index (κ3) is 4.14. The number of carbonyl (C=O) groups is 3. The number of nitrogens with zero attached hydrogens (tertiary/aromatic N) is 3. The second-order valence-corrected chi connectivity index (χ2v) is 10.9. The van der Waals surface area contributed by atoms with Crippen LogP contribution in [-0.2, 0) is 14.3 Å². The van der Waals surface area contributed by atoms with Crippen molar-refractivity contribution in [3.8, 4) is 10.4 Å². The molecule has 0 spiro atoms. The average molecular weight is 503 g/mol. The number of ketones is 1. The van der Waals surface area contributed by atoms with E-state index in [2.05, 4.69) is 9.97 Å². The molecule has 2 saturated heterocycles. The molecule has 0 radical (unpaired) electrons. The number of Topliss-reactive ketones (excluding diaryl/α,β-unsaturated/α-hetero) is 1. The van der Waals surface area contributed by atoms with Gasteiger partial charge in [0.15, 0.2) is 10.8 Å². The summed E-state index contributed by atoms with van der Waals surface area (Å²) in [7, 11) is 0. The maximum absolute atomic E-state index is 14.2. The monoisotopic (exact) mass is 502 g/mol. The quantitative estimate of drug-likeness (QED) is 0.628. The smallest absolute Gasteiger partial charge is 0.277 e. The van der Waals surface area contributed by atoms with Gasteiger partial charge < -0.3 is 15.4 Å². The van der Waals surface area contributed by atoms with Crippen LogP contribution in [0.1, 0.15) is 59.2 Å². The number of pyridine rings is 1. The number of thiazole rings is 1. The number of fused-ring (bicyclic) bond motifs is 1. The van der Waals surface area contributed by atoms with Crippen LogP contribution in [0.4, 0.5) is 0 Å². The average Bonchev–Trinajstić information content (AvgIpc) is 3.51. The maximum atomic E-state index is 14.2. The molecule has 2 amide bonds. The lowest BCUT2D eigenvalue weighted by Crippen LogP contribution is -2.45. The van der Waals surface area contributed by atoms with Crippen molar-refractivity contribution in [2.45, 2.75) is 62.5 Å². The fourth-order valence-corrected chi connectivity index (χ4v) is 6.87. The van der Waals surface area contributed by atoms with Gasteiger partial charge in [-0.25, -0.2) is 4.98 Å². The summed E-state index contributed by atoms with van der Waals surface area (Å²) in [5, 5.41) is -0.269. The van der Waals surface area contributed by atoms with Gasteiger partial charge in [-0.1, -0.05) is 19.3 Å². The number of aromatic nitrogens is 2. The number of primary amides is 1. The number of halogens is 1. The van der Waals surface area contributed by atoms with Gasteiger partial charge in [0.25, 0.3) is 5.91 Å². The SMILES string of the molecule is Cc1cc(-c2sc(C(N)=O)nc2[C@@H](C(=O)N2C[C@H](Cl)[C@H]3OCC(=O)[C@H]32)C2CCCCC2)ccn1. The third-order valence-electron chi connectivity index (χ3n) is 7.11. The number of alkyl halides is 1. The summed E-state index contributed by atoms with van der Waals surface area (Å²) in [5.74, 6) is -1.46. The number of rotatable bonds is 5. The molecule has 8 nitrogen and oxygen atoms in total. The van der Waals surface area contributed by atoms with Gasteiger partial charge in [0.2, 0.25) is 5.91 Å². The third-order valence-corrected chi connectivity index (χ3v) is 8.63. The highest BCUT2D eigenvalue weighted by Crippen LogP contribution is 2.44. The van der Waals surface area contributed by atoms with E-state index in [4.69, 9.17) is 22.1 Å². The van der Waals surface area contributed by atoms with Crippen LogP contribution in [-0.4, -0.2) is 63.1 Å². The molecular formula is C24H27ClN4O4S. The molecule has 2 aliphatic heterocycles. The first-order valence-corrected chi connectivity index (χ1v) is 12.9. The topological polar surface area (TPSA) is 115 Å². The van der Waals surface area contributed by atoms with E-state index in [-0.39, 0.29) is 35.8 Å². The molecule has 2 aromatic rings. The molecule has 0 unspecified atom stereocenters. The van der Waals surface area contributed by atoms with Crippen LogP contribution in [0.15, 0.2) is 18.3 Å². The van der Waals surface area contributed by atoms with Crippen molar-refractivity contribution in [3.63, 3.8) is 0 Å². The first-order chi connectivity index (χ1) is 16.3. The van der Waals surface area contributed by atoms with Crippen molar-refractivity contribution in [1.29, 1.82) is 0 Å². The predicted octanol–water partition coefficient (Wildman–Crippen LogP) is 3.06. The van der Waals surface area contributed by atoms with Crippen LogP contribution in [0.5, 0.6) is 0 Å². The van der Waals surface area contributed by atoms with Gasteiger partial charge in [-0.3, -0.25) is 19.4 Å². The maximum Gasteiger partial charge on any atom is 0.277 e. The van der Waals surface area contributed by atoms with Crippen LogP contribution in [0.3, 0.4) is 0 Å². The molecule has 0 bridgehead atoms. The molecule has 4 heterocycles. The fourth-order valence-electron chi connectivity index (χ4n) is 5.55. The molecule has 10 heteroatoms. The Morgan fingerprint density at radius 1 is 1.29 bits per heavy atom. The summed E-state index contributed by atoms with van der Waals surface area (Å²) in [6.07, 6.45) is 6.16. The lowest BCUT2D eigenvalue weighted by Gasteiger charge is -2.33. The molecular weight excluding hydrogens is 476 g/mol. The Kier molecular flexibility index (Phi) is 6.43. The Hall–Kier alpha value is -2.36. The van der Waals surface area contributed by atoms with Gasteiger partial charge in [-0.05, 0) is 43.4 Å². The molecule has 0 aromatic carbocycles. The van der Waals surface area contributed by atoms with Gasteiger partial charge in [-0.15, -0.1) is 22.9 Å². The molecule has 3 fully saturated rings. The number of amides is 2. The Labute approximate surface area is 206 Å². The summed E-state index contributed by atoms with van der Waals surface area (Å²) in [6.45, 7) is 2.11. The number of aryl methyl sites for hydroxylation is 1. The lowest BCUT2D eigenvalue weighted by molar-refractivity contribution is -0.139. The highest BCUT2D eigenvalue weighted by atomic mass is 35.5. The summed E-state index contributed by atoms with van der Waals surface area (Å²) >= 11 is 7.69. The molecule has 1 saturated carbocycles. The van der Waals surface area contributed by atoms with E-state index in [0.29, 0.717) is 5.69 Å². The standard InChI is InChI=1S/C24H27ClN4O4S/c1-12-9-14(7-8-27-12)21-18(28-23(34-21)22(26)31)17(13-5-3-2-4-6-13)24(32)29-10-15(25)20-19(29)16(30)11-33-20/h7-9,13,15,17,19-20H,2-6,10-11H2,1H3,(H2,26,31)/t15-,17-,19+,20+/m0/s1. The first kappa shape index (κ1) is 23.4. The minimum Gasteiger partial charge on any atom is -0.366 e. The molecule has 34 heavy (non-hydrogen) atoms. The molecule has 2 aromatic heterocycles. The van der Waals surface area contributed by atoms with Gasteiger partial charge in [0.1, 0.15) is 18.8 Å². The van der Waals surface area contributed by atoms with Crippen molar-refractivity contribution < 1.29 is 19.1 Å². The zero-order chi connectivity index (χ0) is 24.0. The van der Waals surface area contributed by atoms with Crippen LogP contribution in [0, 0.1) is 12.8 Å².